The number of aliphatic hydroxyl groups is 2. The second kappa shape index (κ2) is 8.29. The number of nitrogens with two attached hydrogens (primary N) is 1. The van der Waals surface area contributed by atoms with Crippen molar-refractivity contribution in [2.75, 3.05) is 18.9 Å². The molecule has 1 aromatic carbocycles. The summed E-state index contributed by atoms with van der Waals surface area (Å²) >= 11 is 0. The maximum absolute atomic E-state index is 13.1. The van der Waals surface area contributed by atoms with Gasteiger partial charge in [-0.3, -0.25) is 10.7 Å². The predicted molar refractivity (Wildman–Crippen MR) is 116 cm³/mol. The molecule has 4 rings (SSSR count). The fourth-order valence-corrected chi connectivity index (χ4v) is 3.76. The standard InChI is InChI=1S/C22H24N6O3/c1-13-8-17(9-14(2)24-13)18-19(16-6-4-3-5-7-16)25-21(23)28-20(18)26-27(22(28)31)10-15(11-29)12-30/h3-9,15,29-30H,10-12H2,1-2H3,(H2,23,25)/p+1. The molecule has 9 heteroatoms. The number of hydrogen-bond donors (Lipinski definition) is 3. The number of fused-ring (bicyclic) bond motifs is 1. The quantitative estimate of drug-likeness (QED) is 0.423. The summed E-state index contributed by atoms with van der Waals surface area (Å²) in [5.74, 6) is -0.365. The average molecular weight is 421 g/mol. The van der Waals surface area contributed by atoms with E-state index in [2.05, 4.69) is 15.1 Å². The maximum atomic E-state index is 13.1. The van der Waals surface area contributed by atoms with Gasteiger partial charge in [-0.2, -0.15) is 4.68 Å². The minimum Gasteiger partial charge on any atom is -0.396 e. The first-order chi connectivity index (χ1) is 14.9. The van der Waals surface area contributed by atoms with Crippen LogP contribution in [0.2, 0.25) is 0 Å². The van der Waals surface area contributed by atoms with Crippen molar-refractivity contribution in [3.05, 3.63) is 64.3 Å². The number of rotatable bonds is 6. The van der Waals surface area contributed by atoms with Crippen LogP contribution in [0, 0.1) is 19.8 Å². The third-order valence-corrected chi connectivity index (χ3v) is 5.19. The third kappa shape index (κ3) is 3.80. The van der Waals surface area contributed by atoms with Crippen molar-refractivity contribution in [1.29, 1.82) is 0 Å². The fourth-order valence-electron chi connectivity index (χ4n) is 3.76. The van der Waals surface area contributed by atoms with Crippen LogP contribution in [0.3, 0.4) is 0 Å². The first kappa shape index (κ1) is 20.7. The molecular formula is C22H25N6O3+. The lowest BCUT2D eigenvalue weighted by Gasteiger charge is -2.10. The van der Waals surface area contributed by atoms with Crippen LogP contribution in [-0.2, 0) is 6.54 Å². The van der Waals surface area contributed by atoms with Crippen molar-refractivity contribution in [3.63, 3.8) is 0 Å². The van der Waals surface area contributed by atoms with Gasteiger partial charge in [-0.25, -0.2) is 9.78 Å². The topological polar surface area (TPSA) is 133 Å². The lowest BCUT2D eigenvalue weighted by molar-refractivity contribution is -0.351. The van der Waals surface area contributed by atoms with Crippen molar-refractivity contribution in [2.45, 2.75) is 20.4 Å². The molecule has 0 unspecified atom stereocenters. The number of benzene rings is 1. The summed E-state index contributed by atoms with van der Waals surface area (Å²) in [6.45, 7) is 3.37. The highest BCUT2D eigenvalue weighted by Gasteiger charge is 2.26. The number of hydrogen-bond acceptors (Lipinski definition) is 6. The van der Waals surface area contributed by atoms with Gasteiger partial charge in [-0.05, 0) is 31.5 Å². The fraction of sp³-hybridized carbons (Fsp3) is 0.273. The molecule has 0 aliphatic rings. The molecule has 9 nitrogen and oxygen atoms in total. The first-order valence-electron chi connectivity index (χ1n) is 10.00. The Hall–Kier alpha value is -3.56. The Bertz CT molecular complexity index is 1270. The molecule has 0 radical (unpaired) electrons. The molecule has 0 saturated carbocycles. The van der Waals surface area contributed by atoms with Crippen LogP contribution in [0.5, 0.6) is 0 Å². The van der Waals surface area contributed by atoms with Gasteiger partial charge in [0.2, 0.25) is 5.65 Å². The zero-order chi connectivity index (χ0) is 22.1. The Balaban J connectivity index is 2.07. The van der Waals surface area contributed by atoms with Gasteiger partial charge >= 0.3 is 11.6 Å². The SMILES string of the molecule is Cc1cc(-c2c(-c3ccccc3)[nH+]c(N)n3c(=O)n(CC(CO)CO)nc23)cc(C)n1. The molecule has 0 bridgehead atoms. The number of nitrogen functional groups attached to an aromatic ring is 1. The third-order valence-electron chi connectivity index (χ3n) is 5.19. The van der Waals surface area contributed by atoms with E-state index < -0.39 is 11.6 Å². The summed E-state index contributed by atoms with van der Waals surface area (Å²) in [5, 5.41) is 23.4. The van der Waals surface area contributed by atoms with Crippen LogP contribution in [-0.4, -0.2) is 42.6 Å². The van der Waals surface area contributed by atoms with Crippen molar-refractivity contribution in [1.82, 2.24) is 19.2 Å². The van der Waals surface area contributed by atoms with Crippen LogP contribution in [0.4, 0.5) is 5.95 Å². The maximum Gasteiger partial charge on any atom is 0.411 e. The van der Waals surface area contributed by atoms with Gasteiger partial charge in [-0.1, -0.05) is 30.3 Å². The predicted octanol–water partition coefficient (Wildman–Crippen LogP) is 0.839. The van der Waals surface area contributed by atoms with Crippen LogP contribution in [0.1, 0.15) is 11.4 Å². The van der Waals surface area contributed by atoms with E-state index in [0.717, 1.165) is 33.8 Å². The smallest absolute Gasteiger partial charge is 0.396 e. The molecule has 0 atom stereocenters. The Morgan fingerprint density at radius 1 is 1.06 bits per heavy atom. The Labute approximate surface area is 178 Å². The number of aromatic nitrogens is 5. The minimum atomic E-state index is -0.504. The molecule has 4 aromatic rings. The zero-order valence-corrected chi connectivity index (χ0v) is 17.4. The molecule has 160 valence electrons. The molecule has 0 fully saturated rings. The zero-order valence-electron chi connectivity index (χ0n) is 17.4. The van der Waals surface area contributed by atoms with Gasteiger partial charge in [0.05, 0.1) is 12.1 Å². The summed E-state index contributed by atoms with van der Waals surface area (Å²) in [5.41, 5.74) is 11.1. The molecule has 3 aromatic heterocycles. The van der Waals surface area contributed by atoms with Gasteiger partial charge in [0.25, 0.3) is 0 Å². The van der Waals surface area contributed by atoms with Crippen LogP contribution in [0.25, 0.3) is 28.0 Å². The van der Waals surface area contributed by atoms with E-state index >= 15 is 0 Å². The molecule has 0 aliphatic carbocycles. The highest BCUT2D eigenvalue weighted by molar-refractivity contribution is 5.88. The number of aliphatic hydroxyl groups excluding tert-OH is 2. The van der Waals surface area contributed by atoms with Crippen molar-refractivity contribution in [2.24, 2.45) is 5.92 Å². The lowest BCUT2D eigenvalue weighted by Crippen LogP contribution is -2.30. The van der Waals surface area contributed by atoms with E-state index in [0.29, 0.717) is 5.65 Å². The molecular weight excluding hydrogens is 396 g/mol. The first-order valence-corrected chi connectivity index (χ1v) is 10.00. The summed E-state index contributed by atoms with van der Waals surface area (Å²) in [7, 11) is 0. The monoisotopic (exact) mass is 421 g/mol. The Kier molecular flexibility index (Phi) is 5.53. The average Bonchev–Trinajstić information content (AvgIpc) is 3.08. The van der Waals surface area contributed by atoms with E-state index in [1.807, 2.05) is 56.3 Å². The number of nitrogens with zero attached hydrogens (tertiary/aromatic N) is 4. The van der Waals surface area contributed by atoms with E-state index in [1.54, 1.807) is 0 Å². The van der Waals surface area contributed by atoms with Crippen LogP contribution >= 0.6 is 0 Å². The number of H-pyrrole nitrogens is 1. The Morgan fingerprint density at radius 2 is 1.71 bits per heavy atom. The van der Waals surface area contributed by atoms with Crippen molar-refractivity contribution in [3.8, 4) is 22.4 Å². The second-order valence-corrected chi connectivity index (χ2v) is 7.62. The van der Waals surface area contributed by atoms with Crippen molar-refractivity contribution < 1.29 is 15.2 Å². The molecule has 0 amide bonds. The number of pyridine rings is 1. The highest BCUT2D eigenvalue weighted by Crippen LogP contribution is 2.32. The Morgan fingerprint density at radius 3 is 2.32 bits per heavy atom. The summed E-state index contributed by atoms with van der Waals surface area (Å²) in [6.07, 6.45) is 0. The summed E-state index contributed by atoms with van der Waals surface area (Å²) in [4.78, 5) is 20.7. The molecule has 0 spiro atoms. The van der Waals surface area contributed by atoms with Gasteiger partial charge in [0, 0.05) is 36.1 Å². The molecule has 3 heterocycles. The van der Waals surface area contributed by atoms with Crippen LogP contribution < -0.4 is 16.4 Å². The number of aromatic amines is 1. The van der Waals surface area contributed by atoms with E-state index in [4.69, 9.17) is 5.73 Å². The van der Waals surface area contributed by atoms with E-state index in [9.17, 15) is 15.0 Å². The molecule has 0 saturated heterocycles. The molecule has 31 heavy (non-hydrogen) atoms. The summed E-state index contributed by atoms with van der Waals surface area (Å²) < 4.78 is 2.55. The van der Waals surface area contributed by atoms with Gasteiger partial charge in [-0.15, -0.1) is 9.50 Å². The van der Waals surface area contributed by atoms with Crippen LogP contribution in [0.15, 0.2) is 47.3 Å². The highest BCUT2D eigenvalue weighted by atomic mass is 16.3. The normalized spacial score (nSPS) is 11.5. The largest absolute Gasteiger partial charge is 0.411 e. The van der Waals surface area contributed by atoms with Gasteiger partial charge < -0.3 is 10.2 Å². The van der Waals surface area contributed by atoms with Crippen molar-refractivity contribution >= 4 is 11.6 Å². The lowest BCUT2D eigenvalue weighted by atomic mass is 9.99. The van der Waals surface area contributed by atoms with Gasteiger partial charge in [0.15, 0.2) is 0 Å². The van der Waals surface area contributed by atoms with Gasteiger partial charge in [0.1, 0.15) is 5.69 Å². The molecule has 0 aliphatic heterocycles. The van der Waals surface area contributed by atoms with E-state index in [1.165, 1.54) is 9.08 Å². The molecule has 5 N–H and O–H groups in total. The number of nitrogens with one attached hydrogen (secondary N) is 1. The number of anilines is 1. The second-order valence-electron chi connectivity index (χ2n) is 7.62. The number of aryl methyl sites for hydroxylation is 2. The minimum absolute atomic E-state index is 0.0709. The summed E-state index contributed by atoms with van der Waals surface area (Å²) in [6, 6.07) is 13.6. The van der Waals surface area contributed by atoms with E-state index in [-0.39, 0.29) is 25.7 Å².